The van der Waals surface area contributed by atoms with Gasteiger partial charge in [0.2, 0.25) is 23.8 Å². The van der Waals surface area contributed by atoms with Crippen LogP contribution in [0.5, 0.6) is 0 Å². The third-order valence-corrected chi connectivity index (χ3v) is 21.5. The summed E-state index contributed by atoms with van der Waals surface area (Å²) in [7, 11) is 0. The molecule has 0 bridgehead atoms. The summed E-state index contributed by atoms with van der Waals surface area (Å²) in [4.78, 5) is 111. The van der Waals surface area contributed by atoms with Crippen LogP contribution in [0.15, 0.2) is 354 Å². The molecule has 0 fully saturated rings. The molecule has 0 radical (unpaired) electrons. The van der Waals surface area contributed by atoms with E-state index in [2.05, 4.69) is 112 Å². The van der Waals surface area contributed by atoms with Crippen molar-refractivity contribution in [3.8, 4) is 67.8 Å². The van der Waals surface area contributed by atoms with Crippen LogP contribution in [0.3, 0.4) is 0 Å². The van der Waals surface area contributed by atoms with Crippen LogP contribution in [0.2, 0.25) is 0 Å². The van der Waals surface area contributed by atoms with Gasteiger partial charge < -0.3 is 60.8 Å². The third kappa shape index (κ3) is 25.2. The van der Waals surface area contributed by atoms with E-state index in [1.165, 1.54) is 90.0 Å². The molecule has 4 amide bonds. The molecule has 144 heavy (non-hydrogen) atoms. The summed E-state index contributed by atoms with van der Waals surface area (Å²) in [5, 5.41) is 23.5. The standard InChI is InChI=1S/2C29H26N6O.2C28H25N7O/c2*1-19-9-12-35(18-19)25-14-20(2)13-24(16-25)32-28(36)22-7-6-21(3)27(15-22)34-29-31-11-8-26(33-29)23-5-4-10-30-17-23;2*1-18-11-23(14-24(12-18)35-16-20(3)31-17-35)32-27(36)21-7-6-19(2)26(13-21)34-28-30-10-8-25(33-28)22-5-4-9-29-15-22/h2*4-18H,1-3H3,(H,32,36)(H,31,33,34);2*4-17H,1-3H3,(H,32,36)(H,30,33,34)/i4D,5D,10D,12D,17D,18D;3D3,4D,5D,10D,17D;2D3,4D,5D,9D,15D;4D,5D,9D,15D. The summed E-state index contributed by atoms with van der Waals surface area (Å²) in [5.41, 5.74) is 17.1. The lowest BCUT2D eigenvalue weighted by atomic mass is 10.1. The zero-order valence-electron chi connectivity index (χ0n) is 103. The van der Waals surface area contributed by atoms with Gasteiger partial charge in [0.25, 0.3) is 23.6 Å². The molecule has 0 atom stereocenters. The fraction of sp³-hybridized carbons (Fsp3) is 0.105. The Morgan fingerprint density at radius 2 is 0.604 bits per heavy atom. The topological polar surface area (TPSA) is 365 Å². The van der Waals surface area contributed by atoms with Crippen molar-refractivity contribution in [3.05, 3.63) is 444 Å². The normalized spacial score (nSPS) is 13.3. The Labute approximate surface area is 866 Å². The highest BCUT2D eigenvalue weighted by Gasteiger charge is 2.20. The van der Waals surface area contributed by atoms with Gasteiger partial charge in [0.05, 0.1) is 71.5 Å². The zero-order valence-corrected chi connectivity index (χ0v) is 78.8. The number of hydrogen-bond donors (Lipinski definition) is 8. The average Bonchev–Trinajstić information content (AvgIpc) is 0.929. The van der Waals surface area contributed by atoms with E-state index in [9.17, 15) is 19.2 Å². The number of nitrogens with zero attached hydrogens (tertiary/aromatic N) is 18. The first kappa shape index (κ1) is 70.4. The van der Waals surface area contributed by atoms with E-state index in [1.54, 1.807) is 68.1 Å². The quantitative estimate of drug-likeness (QED) is 0.0278. The Balaban J connectivity index is 0.000000149. The summed E-state index contributed by atoms with van der Waals surface area (Å²) < 4.78 is 199. The van der Waals surface area contributed by atoms with Gasteiger partial charge in [-0.15, -0.1) is 0 Å². The number of amides is 4. The summed E-state index contributed by atoms with van der Waals surface area (Å²) in [6.07, 6.45) is 13.8. The maximum Gasteiger partial charge on any atom is 0.255 e. The van der Waals surface area contributed by atoms with Gasteiger partial charge in [0.1, 0.15) is 0 Å². The Hall–Kier alpha value is -19.3. The lowest BCUT2D eigenvalue weighted by Crippen LogP contribution is -2.13. The van der Waals surface area contributed by atoms with E-state index in [0.29, 0.717) is 56.5 Å². The van der Waals surface area contributed by atoms with Gasteiger partial charge in [-0.05, 0) is 345 Å². The van der Waals surface area contributed by atoms with Crippen molar-refractivity contribution in [2.75, 3.05) is 42.5 Å². The monoisotopic (exact) mass is 1920 g/mol. The summed E-state index contributed by atoms with van der Waals surface area (Å²) in [5.74, 6) is -1.40. The molecule has 0 aliphatic rings. The van der Waals surface area contributed by atoms with Crippen LogP contribution >= 0.6 is 0 Å². The van der Waals surface area contributed by atoms with Gasteiger partial charge in [-0.25, -0.2) is 49.8 Å². The smallest absolute Gasteiger partial charge is 0.255 e. The number of hydrogen-bond acceptors (Lipinski definition) is 22. The minimum Gasteiger partial charge on any atom is -0.324 e. The Kier molecular flexibility index (Phi) is 21.7. The first-order valence-corrected chi connectivity index (χ1v) is 44.4. The molecule has 8 N–H and O–H groups in total. The van der Waals surface area contributed by atoms with Gasteiger partial charge >= 0.3 is 0 Å². The van der Waals surface area contributed by atoms with Gasteiger partial charge in [0.15, 0.2) is 0 Å². The number of nitrogens with one attached hydrogen (secondary N) is 8. The number of anilines is 12. The summed E-state index contributed by atoms with van der Waals surface area (Å²) in [6, 6.07) is 47.4. The Morgan fingerprint density at radius 3 is 0.889 bits per heavy atom. The van der Waals surface area contributed by atoms with Crippen LogP contribution in [-0.2, 0) is 0 Å². The molecule has 8 aromatic carbocycles. The maximum atomic E-state index is 13.3. The lowest BCUT2D eigenvalue weighted by Gasteiger charge is -2.13. The molecule has 0 spiro atoms. The van der Waals surface area contributed by atoms with E-state index in [-0.39, 0.29) is 169 Å². The highest BCUT2D eigenvalue weighted by atomic mass is 16.2. The van der Waals surface area contributed by atoms with Crippen LogP contribution in [0.4, 0.5) is 69.3 Å². The zero-order chi connectivity index (χ0) is 121. The van der Waals surface area contributed by atoms with Crippen LogP contribution in [0.1, 0.15) is 141 Å². The van der Waals surface area contributed by atoms with E-state index in [4.69, 9.17) is 32.9 Å². The lowest BCUT2D eigenvalue weighted by molar-refractivity contribution is 0.101. The van der Waals surface area contributed by atoms with Crippen LogP contribution in [0.25, 0.3) is 67.8 Å². The van der Waals surface area contributed by atoms with Crippen molar-refractivity contribution in [2.24, 2.45) is 0 Å². The van der Waals surface area contributed by atoms with Crippen LogP contribution in [-0.4, -0.2) is 112 Å². The van der Waals surface area contributed by atoms with Crippen molar-refractivity contribution < 1.29 is 52.1 Å². The highest BCUT2D eigenvalue weighted by molar-refractivity contribution is 6.08. The molecular weight excluding hydrogens is 1800 g/mol. The molecule has 0 unspecified atom stereocenters. The summed E-state index contributed by atoms with van der Waals surface area (Å²) in [6.45, 7) is 13.9. The second-order valence-corrected chi connectivity index (χ2v) is 32.9. The minimum absolute atomic E-state index is 0.0222. The molecule has 20 rings (SSSR count). The van der Waals surface area contributed by atoms with E-state index >= 15 is 0 Å². The predicted molar refractivity (Wildman–Crippen MR) is 567 cm³/mol. The first-order valence-electron chi connectivity index (χ1n) is 56.4. The van der Waals surface area contributed by atoms with Crippen molar-refractivity contribution >= 4 is 92.9 Å². The van der Waals surface area contributed by atoms with Crippen molar-refractivity contribution in [3.63, 3.8) is 0 Å². The first-order chi connectivity index (χ1) is 79.6. The van der Waals surface area contributed by atoms with Crippen LogP contribution in [0, 0.1) is 82.9 Å². The van der Waals surface area contributed by atoms with Crippen molar-refractivity contribution in [2.45, 2.75) is 82.9 Å². The molecule has 12 aromatic heterocycles. The van der Waals surface area contributed by atoms with E-state index < -0.39 is 80.7 Å². The molecule has 0 saturated heterocycles. The summed E-state index contributed by atoms with van der Waals surface area (Å²) >= 11 is 0. The fourth-order valence-corrected chi connectivity index (χ4v) is 14.6. The number of pyridine rings is 4. The molecule has 0 saturated carbocycles. The van der Waals surface area contributed by atoms with Crippen molar-refractivity contribution in [1.82, 2.24) is 88.0 Å². The van der Waals surface area contributed by atoms with Crippen molar-refractivity contribution in [1.29, 1.82) is 0 Å². The molecule has 712 valence electrons. The number of carbonyl (C=O) groups is 4. The molecule has 20 aromatic rings. The predicted octanol–water partition coefficient (Wildman–Crippen LogP) is 23.8. The third-order valence-electron chi connectivity index (χ3n) is 21.5. The number of benzene rings is 8. The van der Waals surface area contributed by atoms with Gasteiger partial charge in [-0.3, -0.25) is 39.1 Å². The average molecular weight is 1920 g/mol. The number of aromatic nitrogens is 18. The number of aryl methyl sites for hydroxylation is 12. The SMILES string of the molecule is [2H]c1nc([2H])c(-c2ccnc(Nc3cc(C(=O)Nc4cc(C)cc(-n5c([2H])cc(C)c5[2H])c4)ccc3C)n2)c([2H])c1[2H].[2H]c1nc([2H])c(-c2ccnc(Nc3cc(C(=O)Nc4cc(C)cc(-n5ccc(C)c5)c4)ccc3C([2H])([2H])[2H])n2)c([2H])c1[2H].[2H]c1nc([2H])c(-c2ccnc(Nc3cc(C(=O)Nc4cc(C)cc(-n5cnc(C)c5)c4)ccc3C([2H])([2H])[2H])n2)c([2H])c1[2H].[2H]c1nc([2H])c(-c2ccnc(Nc3cc(C(=O)Nc4cc(C)cc(-n5cnc(C)c5)c4)ccc3C)n2)c([2H])c1[2H]. The molecule has 30 nitrogen and oxygen atoms in total. The van der Waals surface area contributed by atoms with Gasteiger partial charge in [-0.1, -0.05) is 24.3 Å². The van der Waals surface area contributed by atoms with Crippen LogP contribution < -0.4 is 42.5 Å². The van der Waals surface area contributed by atoms with Gasteiger partial charge in [-0.2, -0.15) is 0 Å². The molecular formula is C114H102N26O4. The largest absolute Gasteiger partial charge is 0.324 e. The molecule has 0 aliphatic carbocycles. The fourth-order valence-electron chi connectivity index (χ4n) is 14.6. The van der Waals surface area contributed by atoms with E-state index in [1.807, 2.05) is 174 Å². The molecule has 30 heteroatoms. The van der Waals surface area contributed by atoms with Gasteiger partial charge in [0, 0.05) is 232 Å². The Bertz CT molecular complexity index is 9250. The Morgan fingerprint density at radius 1 is 0.299 bits per heavy atom. The highest BCUT2D eigenvalue weighted by Crippen LogP contribution is 2.33. The number of carbonyl (C=O) groups excluding carboxylic acids is 4. The number of imidazole rings is 2. The second kappa shape index (κ2) is 44.5. The molecule has 0 aliphatic heterocycles. The maximum absolute atomic E-state index is 13.3. The van der Waals surface area contributed by atoms with E-state index in [0.717, 1.165) is 67.4 Å². The minimum atomic E-state index is -2.54. The number of rotatable bonds is 24. The second-order valence-electron chi connectivity index (χ2n) is 32.9. The molecule has 12 heterocycles.